The predicted octanol–water partition coefficient (Wildman–Crippen LogP) is 3.77. The molecule has 39 heavy (non-hydrogen) atoms. The van der Waals surface area contributed by atoms with Crippen molar-refractivity contribution >= 4 is 27.5 Å². The van der Waals surface area contributed by atoms with Crippen LogP contribution in [-0.4, -0.2) is 58.1 Å². The van der Waals surface area contributed by atoms with Gasteiger partial charge < -0.3 is 15.0 Å². The number of carbonyl (C=O) groups is 2. The van der Waals surface area contributed by atoms with E-state index in [9.17, 15) is 22.4 Å². The number of carbonyl (C=O) groups excluding carboxylic acids is 2. The van der Waals surface area contributed by atoms with Crippen molar-refractivity contribution in [2.45, 2.75) is 31.8 Å². The molecule has 0 spiro atoms. The van der Waals surface area contributed by atoms with Crippen LogP contribution in [0.5, 0.6) is 5.75 Å². The normalized spacial score (nSPS) is 11.9. The number of rotatable bonds is 13. The van der Waals surface area contributed by atoms with E-state index in [1.165, 1.54) is 35.5 Å². The topological polar surface area (TPSA) is 96.0 Å². The Balaban J connectivity index is 1.84. The quantitative estimate of drug-likeness (QED) is 0.347. The summed E-state index contributed by atoms with van der Waals surface area (Å²) in [4.78, 5) is 28.1. The smallest absolute Gasteiger partial charge is 0.242 e. The van der Waals surface area contributed by atoms with Crippen LogP contribution in [0.15, 0.2) is 78.9 Å². The van der Waals surface area contributed by atoms with Crippen LogP contribution in [0.3, 0.4) is 0 Å². The van der Waals surface area contributed by atoms with E-state index in [1.54, 1.807) is 36.4 Å². The monoisotopic (exact) mass is 555 g/mol. The largest absolute Gasteiger partial charge is 0.497 e. The van der Waals surface area contributed by atoms with E-state index in [-0.39, 0.29) is 44.2 Å². The number of methoxy groups -OCH3 is 1. The molecule has 0 aromatic heterocycles. The SMILES string of the molecule is CNC(=O)[C@H](Cc1ccccc1)N(Cc1ccc(F)cc1)C(=O)CCCN(c1cccc(OC)c1)S(C)(=O)=O. The molecule has 0 saturated carbocycles. The average Bonchev–Trinajstić information content (AvgIpc) is 2.93. The van der Waals surface area contributed by atoms with Gasteiger partial charge in [0.1, 0.15) is 17.6 Å². The van der Waals surface area contributed by atoms with Crippen molar-refractivity contribution in [3.63, 3.8) is 0 Å². The fraction of sp³-hybridized carbons (Fsp3) is 0.310. The van der Waals surface area contributed by atoms with E-state index >= 15 is 0 Å². The Bertz CT molecular complexity index is 1350. The number of benzene rings is 3. The van der Waals surface area contributed by atoms with Gasteiger partial charge in [-0.05, 0) is 41.8 Å². The van der Waals surface area contributed by atoms with Gasteiger partial charge in [0.25, 0.3) is 0 Å². The molecule has 8 nitrogen and oxygen atoms in total. The van der Waals surface area contributed by atoms with E-state index in [2.05, 4.69) is 5.32 Å². The number of nitrogens with zero attached hydrogens (tertiary/aromatic N) is 2. The molecule has 10 heteroatoms. The predicted molar refractivity (Wildman–Crippen MR) is 149 cm³/mol. The van der Waals surface area contributed by atoms with Crippen LogP contribution in [0, 0.1) is 5.82 Å². The molecule has 0 radical (unpaired) electrons. The van der Waals surface area contributed by atoms with E-state index in [4.69, 9.17) is 4.74 Å². The Morgan fingerprint density at radius 1 is 0.974 bits per heavy atom. The second-order valence-corrected chi connectivity index (χ2v) is 11.0. The second-order valence-electron chi connectivity index (χ2n) is 9.11. The van der Waals surface area contributed by atoms with Crippen molar-refractivity contribution in [1.82, 2.24) is 10.2 Å². The molecule has 1 N–H and O–H groups in total. The standard InChI is InChI=1S/C29H34FN3O5S/c1-31-29(35)27(19-22-9-5-4-6-10-22)32(21-23-14-16-24(30)17-15-23)28(34)13-8-18-33(39(3,36)37)25-11-7-12-26(20-25)38-2/h4-7,9-12,14-17,20,27H,8,13,18-19,21H2,1-3H3,(H,31,35)/t27-/m0/s1. The summed E-state index contributed by atoms with van der Waals surface area (Å²) in [5.41, 5.74) is 1.98. The maximum absolute atomic E-state index is 13.6. The summed E-state index contributed by atoms with van der Waals surface area (Å²) in [5, 5.41) is 2.65. The molecule has 1 atom stereocenters. The van der Waals surface area contributed by atoms with E-state index < -0.39 is 21.9 Å². The first kappa shape index (κ1) is 29.6. The van der Waals surface area contributed by atoms with Crippen LogP contribution in [-0.2, 0) is 32.6 Å². The molecule has 3 aromatic carbocycles. The average molecular weight is 556 g/mol. The van der Waals surface area contributed by atoms with Gasteiger partial charge in [-0.15, -0.1) is 0 Å². The van der Waals surface area contributed by atoms with Gasteiger partial charge in [0, 0.05) is 39.0 Å². The molecule has 0 aliphatic carbocycles. The van der Waals surface area contributed by atoms with E-state index in [0.717, 1.165) is 11.8 Å². The Hall–Kier alpha value is -3.92. The van der Waals surface area contributed by atoms with Crippen molar-refractivity contribution in [1.29, 1.82) is 0 Å². The maximum atomic E-state index is 13.6. The molecule has 2 amide bonds. The zero-order valence-corrected chi connectivity index (χ0v) is 23.2. The van der Waals surface area contributed by atoms with Gasteiger partial charge in [-0.25, -0.2) is 12.8 Å². The summed E-state index contributed by atoms with van der Waals surface area (Å²) in [6, 6.07) is 21.0. The molecule has 0 fully saturated rings. The Labute approximate surface area is 229 Å². The van der Waals surface area contributed by atoms with Crippen LogP contribution < -0.4 is 14.4 Å². The van der Waals surface area contributed by atoms with Crippen LogP contribution in [0.4, 0.5) is 10.1 Å². The molecule has 0 unspecified atom stereocenters. The Kier molecular flexibility index (Phi) is 10.4. The van der Waals surface area contributed by atoms with Gasteiger partial charge in [0.15, 0.2) is 0 Å². The molecule has 3 rings (SSSR count). The summed E-state index contributed by atoms with van der Waals surface area (Å²) in [7, 11) is -0.625. The molecular formula is C29H34FN3O5S. The highest BCUT2D eigenvalue weighted by Gasteiger charge is 2.30. The molecule has 0 saturated heterocycles. The highest BCUT2D eigenvalue weighted by Crippen LogP contribution is 2.24. The van der Waals surface area contributed by atoms with Crippen LogP contribution in [0.25, 0.3) is 0 Å². The summed E-state index contributed by atoms with van der Waals surface area (Å²) in [5.74, 6) is -0.536. The molecule has 3 aromatic rings. The van der Waals surface area contributed by atoms with Crippen molar-refractivity contribution in [3.05, 3.63) is 95.8 Å². The minimum Gasteiger partial charge on any atom is -0.497 e. The lowest BCUT2D eigenvalue weighted by Crippen LogP contribution is -2.49. The van der Waals surface area contributed by atoms with Crippen LogP contribution in [0.1, 0.15) is 24.0 Å². The number of likely N-dealkylation sites (N-methyl/N-ethyl adjacent to an activating group) is 1. The van der Waals surface area contributed by atoms with Crippen LogP contribution >= 0.6 is 0 Å². The summed E-state index contributed by atoms with van der Waals surface area (Å²) in [6.45, 7) is 0.154. The lowest BCUT2D eigenvalue weighted by molar-refractivity contribution is -0.141. The van der Waals surface area contributed by atoms with Gasteiger partial charge in [-0.2, -0.15) is 0 Å². The number of anilines is 1. The number of sulfonamides is 1. The van der Waals surface area contributed by atoms with Gasteiger partial charge in [-0.3, -0.25) is 13.9 Å². The molecule has 0 aliphatic heterocycles. The van der Waals surface area contributed by atoms with Gasteiger partial charge in [0.05, 0.1) is 19.1 Å². The third kappa shape index (κ3) is 8.54. The third-order valence-corrected chi connectivity index (χ3v) is 7.47. The van der Waals surface area contributed by atoms with Crippen molar-refractivity contribution in [2.24, 2.45) is 0 Å². The zero-order chi connectivity index (χ0) is 28.4. The first-order chi connectivity index (χ1) is 18.6. The van der Waals surface area contributed by atoms with Crippen molar-refractivity contribution in [2.75, 3.05) is 31.3 Å². The van der Waals surface area contributed by atoms with Gasteiger partial charge in [-0.1, -0.05) is 48.5 Å². The third-order valence-electron chi connectivity index (χ3n) is 6.28. The first-order valence-corrected chi connectivity index (χ1v) is 14.4. The first-order valence-electron chi connectivity index (χ1n) is 12.5. The fourth-order valence-electron chi connectivity index (χ4n) is 4.28. The maximum Gasteiger partial charge on any atom is 0.242 e. The minimum atomic E-state index is -3.63. The summed E-state index contributed by atoms with van der Waals surface area (Å²) in [6.07, 6.45) is 1.61. The summed E-state index contributed by atoms with van der Waals surface area (Å²) < 4.78 is 45.1. The van der Waals surface area contributed by atoms with Crippen molar-refractivity contribution < 1.29 is 27.1 Å². The molecule has 0 bridgehead atoms. The second kappa shape index (κ2) is 13.7. The molecule has 0 aliphatic rings. The fourth-order valence-corrected chi connectivity index (χ4v) is 5.23. The lowest BCUT2D eigenvalue weighted by Gasteiger charge is -2.31. The minimum absolute atomic E-state index is 0.000529. The van der Waals surface area contributed by atoms with E-state index in [0.29, 0.717) is 17.0 Å². The number of amides is 2. The Morgan fingerprint density at radius 3 is 2.28 bits per heavy atom. The van der Waals surface area contributed by atoms with E-state index in [1.807, 2.05) is 30.3 Å². The zero-order valence-electron chi connectivity index (χ0n) is 22.3. The molecule has 0 heterocycles. The lowest BCUT2D eigenvalue weighted by atomic mass is 10.0. The number of ether oxygens (including phenoxy) is 1. The molecular weight excluding hydrogens is 521 g/mol. The van der Waals surface area contributed by atoms with Crippen LogP contribution in [0.2, 0.25) is 0 Å². The number of hydrogen-bond donors (Lipinski definition) is 1. The summed E-state index contributed by atoms with van der Waals surface area (Å²) >= 11 is 0. The van der Waals surface area contributed by atoms with Gasteiger partial charge in [0.2, 0.25) is 21.8 Å². The number of hydrogen-bond acceptors (Lipinski definition) is 5. The Morgan fingerprint density at radius 2 is 1.67 bits per heavy atom. The van der Waals surface area contributed by atoms with Gasteiger partial charge >= 0.3 is 0 Å². The number of nitrogens with one attached hydrogen (secondary N) is 1. The highest BCUT2D eigenvalue weighted by molar-refractivity contribution is 7.92. The number of halogens is 1. The van der Waals surface area contributed by atoms with Crippen molar-refractivity contribution in [3.8, 4) is 5.75 Å². The molecule has 208 valence electrons. The highest BCUT2D eigenvalue weighted by atomic mass is 32.2.